The Morgan fingerprint density at radius 3 is 2.70 bits per heavy atom. The van der Waals surface area contributed by atoms with Gasteiger partial charge in [0.2, 0.25) is 0 Å². The minimum atomic E-state index is -0.0240. The number of amides is 1. The third kappa shape index (κ3) is 3.74. The zero-order valence-electron chi connectivity index (χ0n) is 13.4. The highest BCUT2D eigenvalue weighted by Gasteiger charge is 2.19. The number of carbonyl (C=O) groups excluding carboxylic acids is 1. The molecule has 5 heteroatoms. The molecule has 124 valence electrons. The lowest BCUT2D eigenvalue weighted by atomic mass is 10.0. The van der Waals surface area contributed by atoms with E-state index in [4.69, 9.17) is 11.6 Å². The zero-order valence-corrected chi connectivity index (χ0v) is 15.7. The first-order valence-corrected chi connectivity index (χ1v) is 9.45. The van der Waals surface area contributed by atoms with Crippen LogP contribution in [0.2, 0.25) is 5.02 Å². The molecular formula is C18H22BrClN2O. The molecule has 0 bridgehead atoms. The van der Waals surface area contributed by atoms with Gasteiger partial charge < -0.3 is 9.88 Å². The highest BCUT2D eigenvalue weighted by molar-refractivity contribution is 9.10. The van der Waals surface area contributed by atoms with Crippen molar-refractivity contribution in [3.8, 4) is 0 Å². The third-order valence-corrected chi connectivity index (χ3v) is 5.53. The lowest BCUT2D eigenvalue weighted by Crippen LogP contribution is -2.29. The van der Waals surface area contributed by atoms with E-state index in [0.29, 0.717) is 16.5 Å². The van der Waals surface area contributed by atoms with Gasteiger partial charge in [0.15, 0.2) is 0 Å². The molecular weight excluding hydrogens is 376 g/mol. The van der Waals surface area contributed by atoms with E-state index in [1.54, 1.807) is 0 Å². The summed E-state index contributed by atoms with van der Waals surface area (Å²) in [6.07, 6.45) is 9.55. The number of benzene rings is 1. The fraction of sp³-hybridized carbons (Fsp3) is 0.500. The van der Waals surface area contributed by atoms with Gasteiger partial charge in [-0.15, -0.1) is 0 Å². The molecule has 23 heavy (non-hydrogen) atoms. The maximum atomic E-state index is 12.6. The Kier molecular flexibility index (Phi) is 5.32. The molecule has 1 saturated carbocycles. The summed E-state index contributed by atoms with van der Waals surface area (Å²) in [4.78, 5) is 12.6. The monoisotopic (exact) mass is 396 g/mol. The third-order valence-electron chi connectivity index (χ3n) is 4.78. The van der Waals surface area contributed by atoms with Crippen LogP contribution in [0.4, 0.5) is 0 Å². The number of halogens is 2. The van der Waals surface area contributed by atoms with Crippen molar-refractivity contribution >= 4 is 44.3 Å². The van der Waals surface area contributed by atoms with Gasteiger partial charge in [0.05, 0.1) is 16.1 Å². The van der Waals surface area contributed by atoms with Crippen LogP contribution in [0, 0.1) is 5.92 Å². The molecule has 3 rings (SSSR count). The van der Waals surface area contributed by atoms with Crippen LogP contribution in [0.5, 0.6) is 0 Å². The van der Waals surface area contributed by atoms with Gasteiger partial charge in [-0.25, -0.2) is 0 Å². The molecule has 0 radical (unpaired) electrons. The molecule has 1 N–H and O–H groups in total. The summed E-state index contributed by atoms with van der Waals surface area (Å²) in [7, 11) is 1.94. The van der Waals surface area contributed by atoms with E-state index in [0.717, 1.165) is 21.9 Å². The number of fused-ring (bicyclic) bond motifs is 1. The molecule has 2 aromatic rings. The van der Waals surface area contributed by atoms with Crippen molar-refractivity contribution in [2.75, 3.05) is 6.54 Å². The van der Waals surface area contributed by atoms with Crippen molar-refractivity contribution in [2.24, 2.45) is 13.0 Å². The number of carbonyl (C=O) groups is 1. The SMILES string of the molecule is Cn1cc(C(=O)NCC2CCCCCC2)c2c(Cl)cc(Br)cc21. The summed E-state index contributed by atoms with van der Waals surface area (Å²) < 4.78 is 2.87. The highest BCUT2D eigenvalue weighted by atomic mass is 79.9. The number of hydrogen-bond acceptors (Lipinski definition) is 1. The van der Waals surface area contributed by atoms with Crippen molar-refractivity contribution in [1.29, 1.82) is 0 Å². The largest absolute Gasteiger partial charge is 0.352 e. The van der Waals surface area contributed by atoms with Crippen LogP contribution in [0.1, 0.15) is 48.9 Å². The van der Waals surface area contributed by atoms with E-state index >= 15 is 0 Å². The average molecular weight is 398 g/mol. The number of aryl methyl sites for hydroxylation is 1. The lowest BCUT2D eigenvalue weighted by molar-refractivity contribution is 0.0947. The van der Waals surface area contributed by atoms with E-state index < -0.39 is 0 Å². The van der Waals surface area contributed by atoms with Gasteiger partial charge in [-0.05, 0) is 30.9 Å². The van der Waals surface area contributed by atoms with Gasteiger partial charge in [-0.1, -0.05) is 53.2 Å². The lowest BCUT2D eigenvalue weighted by Gasteiger charge is -2.14. The minimum absolute atomic E-state index is 0.0240. The fourth-order valence-electron chi connectivity index (χ4n) is 3.51. The molecule has 1 amide bonds. The second kappa shape index (κ2) is 7.27. The molecule has 1 aliphatic rings. The predicted molar refractivity (Wildman–Crippen MR) is 99.2 cm³/mol. The van der Waals surface area contributed by atoms with E-state index in [9.17, 15) is 4.79 Å². The second-order valence-corrected chi connectivity index (χ2v) is 7.83. The van der Waals surface area contributed by atoms with Crippen LogP contribution in [-0.2, 0) is 7.05 Å². The molecule has 1 aliphatic carbocycles. The molecule has 1 aromatic heterocycles. The van der Waals surface area contributed by atoms with Crippen molar-refractivity contribution in [2.45, 2.75) is 38.5 Å². The average Bonchev–Trinajstić information content (AvgIpc) is 2.71. The van der Waals surface area contributed by atoms with Gasteiger partial charge in [0.25, 0.3) is 5.91 Å². The van der Waals surface area contributed by atoms with Crippen molar-refractivity contribution < 1.29 is 4.79 Å². The Morgan fingerprint density at radius 1 is 1.30 bits per heavy atom. The summed E-state index contributed by atoms with van der Waals surface area (Å²) in [6, 6.07) is 3.83. The molecule has 0 spiro atoms. The van der Waals surface area contributed by atoms with Crippen LogP contribution < -0.4 is 5.32 Å². The summed E-state index contributed by atoms with van der Waals surface area (Å²) in [5.74, 6) is 0.588. The van der Waals surface area contributed by atoms with Crippen molar-refractivity contribution in [3.05, 3.63) is 33.4 Å². The maximum Gasteiger partial charge on any atom is 0.253 e. The number of nitrogens with one attached hydrogen (secondary N) is 1. The summed E-state index contributed by atoms with van der Waals surface area (Å²) in [5.41, 5.74) is 1.62. The summed E-state index contributed by atoms with van der Waals surface area (Å²) in [5, 5.41) is 4.56. The fourth-order valence-corrected chi connectivity index (χ4v) is 4.40. The van der Waals surface area contributed by atoms with E-state index in [2.05, 4.69) is 21.2 Å². The first-order chi connectivity index (χ1) is 11.1. The molecule has 0 unspecified atom stereocenters. The predicted octanol–water partition coefficient (Wildman–Crippen LogP) is 5.29. The summed E-state index contributed by atoms with van der Waals surface area (Å²) in [6.45, 7) is 0.767. The minimum Gasteiger partial charge on any atom is -0.352 e. The normalized spacial score (nSPS) is 16.5. The molecule has 1 aromatic carbocycles. The van der Waals surface area contributed by atoms with E-state index in [-0.39, 0.29) is 5.91 Å². The Labute approximate surface area is 150 Å². The van der Waals surface area contributed by atoms with Crippen LogP contribution in [-0.4, -0.2) is 17.0 Å². The van der Waals surface area contributed by atoms with Crippen LogP contribution in [0.15, 0.2) is 22.8 Å². The number of rotatable bonds is 3. The Morgan fingerprint density at radius 2 is 2.00 bits per heavy atom. The molecule has 0 aliphatic heterocycles. The summed E-state index contributed by atoms with van der Waals surface area (Å²) >= 11 is 9.83. The van der Waals surface area contributed by atoms with Crippen molar-refractivity contribution in [1.82, 2.24) is 9.88 Å². The van der Waals surface area contributed by atoms with Gasteiger partial charge in [-0.3, -0.25) is 4.79 Å². The molecule has 3 nitrogen and oxygen atoms in total. The van der Waals surface area contributed by atoms with E-state index in [1.165, 1.54) is 38.5 Å². The van der Waals surface area contributed by atoms with Gasteiger partial charge in [-0.2, -0.15) is 0 Å². The standard InChI is InChI=1S/C18H22BrClN2O/c1-22-11-14(17-15(20)8-13(19)9-16(17)22)18(23)21-10-12-6-4-2-3-5-7-12/h8-9,11-12H,2-7,10H2,1H3,(H,21,23). The van der Waals surface area contributed by atoms with Crippen molar-refractivity contribution in [3.63, 3.8) is 0 Å². The van der Waals surface area contributed by atoms with Gasteiger partial charge in [0, 0.05) is 29.6 Å². The van der Waals surface area contributed by atoms with Gasteiger partial charge >= 0.3 is 0 Å². The topological polar surface area (TPSA) is 34.0 Å². The quantitative estimate of drug-likeness (QED) is 0.701. The number of aromatic nitrogens is 1. The smallest absolute Gasteiger partial charge is 0.253 e. The first-order valence-electron chi connectivity index (χ1n) is 8.28. The maximum absolute atomic E-state index is 12.6. The van der Waals surface area contributed by atoms with E-state index in [1.807, 2.05) is 29.9 Å². The Bertz CT molecular complexity index is 717. The molecule has 1 fully saturated rings. The number of nitrogens with zero attached hydrogens (tertiary/aromatic N) is 1. The van der Waals surface area contributed by atoms with Crippen LogP contribution >= 0.6 is 27.5 Å². The Balaban J connectivity index is 1.78. The number of hydrogen-bond donors (Lipinski definition) is 1. The molecule has 1 heterocycles. The Hall–Kier alpha value is -1.000. The van der Waals surface area contributed by atoms with Crippen LogP contribution in [0.3, 0.4) is 0 Å². The molecule has 0 atom stereocenters. The zero-order chi connectivity index (χ0) is 16.4. The first kappa shape index (κ1) is 16.8. The molecule has 0 saturated heterocycles. The second-order valence-electron chi connectivity index (χ2n) is 6.50. The van der Waals surface area contributed by atoms with Gasteiger partial charge in [0.1, 0.15) is 0 Å². The van der Waals surface area contributed by atoms with Crippen LogP contribution in [0.25, 0.3) is 10.9 Å². The highest BCUT2D eigenvalue weighted by Crippen LogP contribution is 2.32.